The van der Waals surface area contributed by atoms with Gasteiger partial charge in [-0.1, -0.05) is 0 Å². The molecule has 3 amide bonds. The van der Waals surface area contributed by atoms with Gasteiger partial charge in [0.1, 0.15) is 17.6 Å². The molecule has 33 heavy (non-hydrogen) atoms. The smallest absolute Gasteiger partial charge is 0.366 e. The quantitative estimate of drug-likeness (QED) is 0.553. The maximum Gasteiger partial charge on any atom is 0.408 e. The number of fused-ring (bicyclic) bond motifs is 5. The largest absolute Gasteiger partial charge is 0.408 e. The van der Waals surface area contributed by atoms with Crippen LogP contribution >= 0.6 is 0 Å². The number of hydrogen-bond donors (Lipinski definition) is 3. The van der Waals surface area contributed by atoms with Gasteiger partial charge in [0.25, 0.3) is 5.91 Å². The zero-order chi connectivity index (χ0) is 23.3. The maximum absolute atomic E-state index is 13.2. The summed E-state index contributed by atoms with van der Waals surface area (Å²) in [6.07, 6.45) is -0.748. The van der Waals surface area contributed by atoms with Crippen molar-refractivity contribution in [3.8, 4) is 0 Å². The van der Waals surface area contributed by atoms with Gasteiger partial charge in [-0.05, 0) is 31.5 Å². The van der Waals surface area contributed by atoms with E-state index >= 15 is 0 Å². The lowest BCUT2D eigenvalue weighted by atomic mass is 10.1. The third-order valence-corrected chi connectivity index (χ3v) is 5.80. The van der Waals surface area contributed by atoms with E-state index in [0.29, 0.717) is 36.5 Å². The molecule has 2 aliphatic rings. The highest BCUT2D eigenvalue weighted by Gasteiger charge is 2.41. The van der Waals surface area contributed by atoms with Gasteiger partial charge in [0.05, 0.1) is 29.6 Å². The predicted molar refractivity (Wildman–Crippen MR) is 113 cm³/mol. The van der Waals surface area contributed by atoms with E-state index in [0.717, 1.165) is 12.3 Å². The third kappa shape index (κ3) is 3.79. The third-order valence-electron chi connectivity index (χ3n) is 5.80. The molecule has 0 aromatic carbocycles. The van der Waals surface area contributed by atoms with Crippen LogP contribution < -0.4 is 20.4 Å². The Morgan fingerprint density at radius 1 is 1.27 bits per heavy atom. The Hall–Kier alpha value is -3.90. The number of aromatic amines is 1. The second-order valence-electron chi connectivity index (χ2n) is 7.99. The first kappa shape index (κ1) is 21.0. The Morgan fingerprint density at radius 2 is 2.09 bits per heavy atom. The molecule has 10 nitrogen and oxygen atoms in total. The van der Waals surface area contributed by atoms with Gasteiger partial charge in [-0.25, -0.2) is 14.8 Å². The molecule has 1 saturated heterocycles. The monoisotopic (exact) mass is 460 g/mol. The number of anilines is 3. The number of rotatable bonds is 3. The molecule has 1 unspecified atom stereocenters. The van der Waals surface area contributed by atoms with E-state index in [1.807, 2.05) is 10.2 Å². The number of alkyl halides is 3. The van der Waals surface area contributed by atoms with Crippen molar-refractivity contribution in [3.05, 3.63) is 36.3 Å². The minimum absolute atomic E-state index is 0.199. The molecule has 5 heterocycles. The summed E-state index contributed by atoms with van der Waals surface area (Å²) < 4.78 is 38.5. The number of pyridine rings is 2. The lowest BCUT2D eigenvalue weighted by Crippen LogP contribution is -2.49. The number of nitrogens with zero attached hydrogens (tertiary/aromatic N) is 5. The van der Waals surface area contributed by atoms with Gasteiger partial charge in [-0.15, -0.1) is 0 Å². The molecule has 2 bridgehead atoms. The highest BCUT2D eigenvalue weighted by atomic mass is 19.4. The number of H-pyrrole nitrogens is 1. The van der Waals surface area contributed by atoms with Gasteiger partial charge in [0.2, 0.25) is 0 Å². The molecule has 13 heteroatoms. The number of urea groups is 1. The molecule has 5 rings (SSSR count). The summed E-state index contributed by atoms with van der Waals surface area (Å²) in [4.78, 5) is 37.6. The molecule has 1 fully saturated rings. The van der Waals surface area contributed by atoms with Gasteiger partial charge in [0.15, 0.2) is 5.82 Å². The van der Waals surface area contributed by atoms with E-state index in [4.69, 9.17) is 0 Å². The van der Waals surface area contributed by atoms with Gasteiger partial charge >= 0.3 is 12.2 Å². The average molecular weight is 460 g/mol. The molecule has 2 atom stereocenters. The lowest BCUT2D eigenvalue weighted by Gasteiger charge is -2.35. The van der Waals surface area contributed by atoms with Crippen molar-refractivity contribution in [1.29, 1.82) is 0 Å². The van der Waals surface area contributed by atoms with E-state index in [2.05, 4.69) is 25.5 Å². The number of amides is 3. The highest BCUT2D eigenvalue weighted by molar-refractivity contribution is 6.05. The van der Waals surface area contributed by atoms with Crippen molar-refractivity contribution in [2.24, 2.45) is 0 Å². The summed E-state index contributed by atoms with van der Waals surface area (Å²) in [6.45, 7) is 2.14. The average Bonchev–Trinajstić information content (AvgIpc) is 3.40. The van der Waals surface area contributed by atoms with Crippen molar-refractivity contribution in [2.75, 3.05) is 28.2 Å². The Morgan fingerprint density at radius 3 is 2.88 bits per heavy atom. The molecular weight excluding hydrogens is 441 g/mol. The van der Waals surface area contributed by atoms with Gasteiger partial charge in [-0.2, -0.15) is 18.3 Å². The number of carbonyl (C=O) groups is 2. The first-order chi connectivity index (χ1) is 15.7. The molecule has 0 aliphatic carbocycles. The van der Waals surface area contributed by atoms with Crippen molar-refractivity contribution >= 4 is 40.2 Å². The molecule has 3 N–H and O–H groups in total. The highest BCUT2D eigenvalue weighted by Crippen LogP contribution is 2.39. The zero-order valence-electron chi connectivity index (χ0n) is 17.3. The Labute approximate surface area is 185 Å². The van der Waals surface area contributed by atoms with E-state index in [1.165, 1.54) is 11.0 Å². The van der Waals surface area contributed by atoms with Crippen LogP contribution in [0.15, 0.2) is 30.6 Å². The molecule has 2 aliphatic heterocycles. The van der Waals surface area contributed by atoms with E-state index in [9.17, 15) is 22.8 Å². The second kappa shape index (κ2) is 7.60. The Balaban J connectivity index is 1.43. The molecule has 3 aromatic rings. The Kier molecular flexibility index (Phi) is 4.83. The molecule has 3 aromatic heterocycles. The van der Waals surface area contributed by atoms with Crippen molar-refractivity contribution < 1.29 is 22.8 Å². The van der Waals surface area contributed by atoms with E-state index in [-0.39, 0.29) is 17.6 Å². The van der Waals surface area contributed by atoms with Gasteiger partial charge in [0, 0.05) is 18.5 Å². The number of hydrogen-bond acceptors (Lipinski definition) is 6. The fourth-order valence-corrected chi connectivity index (χ4v) is 4.03. The van der Waals surface area contributed by atoms with E-state index in [1.54, 1.807) is 24.5 Å². The minimum atomic E-state index is -4.58. The minimum Gasteiger partial charge on any atom is -0.366 e. The second-order valence-corrected chi connectivity index (χ2v) is 7.99. The van der Waals surface area contributed by atoms with Crippen LogP contribution in [-0.4, -0.2) is 63.5 Å². The summed E-state index contributed by atoms with van der Waals surface area (Å²) in [5, 5.41) is 12.1. The van der Waals surface area contributed by atoms with Crippen molar-refractivity contribution in [1.82, 2.24) is 25.5 Å². The van der Waals surface area contributed by atoms with Crippen LogP contribution in [0.1, 0.15) is 23.8 Å². The Bertz CT molecular complexity index is 1240. The normalized spacial score (nSPS) is 18.2. The molecule has 0 spiro atoms. The lowest BCUT2D eigenvalue weighted by molar-refractivity contribution is -0.149. The summed E-state index contributed by atoms with van der Waals surface area (Å²) in [7, 11) is 0. The van der Waals surface area contributed by atoms with Crippen molar-refractivity contribution in [2.45, 2.75) is 31.6 Å². The fraction of sp³-hybridized carbons (Fsp3) is 0.350. The number of aromatic nitrogens is 4. The first-order valence-corrected chi connectivity index (χ1v) is 10.2. The van der Waals surface area contributed by atoms with Crippen LogP contribution in [0.5, 0.6) is 0 Å². The number of halogens is 3. The van der Waals surface area contributed by atoms with Gasteiger partial charge < -0.3 is 10.2 Å². The van der Waals surface area contributed by atoms with Crippen LogP contribution in [0, 0.1) is 0 Å². The SMILES string of the molecule is C[C@@H](NC(=O)c1ccc2c(n1)N(C(=O)Nc1cc3cn[nH]c3cn1)C1CCN2C1)C(F)(F)F. The number of carbonyl (C=O) groups excluding carboxylic acids is 2. The van der Waals surface area contributed by atoms with Crippen LogP contribution in [0.3, 0.4) is 0 Å². The van der Waals surface area contributed by atoms with E-state index < -0.39 is 24.2 Å². The summed E-state index contributed by atoms with van der Waals surface area (Å²) in [5.74, 6) is -0.440. The standard InChI is InChI=1S/C20H19F3N8O2/c1-10(20(21,22)23)26-18(32)13-2-3-15-17(27-13)31(12-4-5-30(15)9-12)19(33)28-16-6-11-7-25-29-14(11)8-24-16/h2-3,6-8,10,12H,4-5,9H2,1H3,(H,25,29)(H,26,32)(H,24,28,33)/t10-,12?/m1/s1. The zero-order valence-corrected chi connectivity index (χ0v) is 17.3. The summed E-state index contributed by atoms with van der Waals surface area (Å²) in [6, 6.07) is 1.90. The predicted octanol–water partition coefficient (Wildman–Crippen LogP) is 2.66. The van der Waals surface area contributed by atoms with Crippen LogP contribution in [0.25, 0.3) is 10.9 Å². The topological polar surface area (TPSA) is 119 Å². The molecule has 172 valence electrons. The molecule has 0 radical (unpaired) electrons. The maximum atomic E-state index is 13.2. The van der Waals surface area contributed by atoms with Crippen LogP contribution in [0.4, 0.5) is 35.3 Å². The summed E-state index contributed by atoms with van der Waals surface area (Å²) in [5.41, 5.74) is 1.15. The fourth-order valence-electron chi connectivity index (χ4n) is 4.03. The van der Waals surface area contributed by atoms with Crippen LogP contribution in [-0.2, 0) is 0 Å². The van der Waals surface area contributed by atoms with Gasteiger partial charge in [-0.3, -0.25) is 20.1 Å². The first-order valence-electron chi connectivity index (χ1n) is 10.2. The molecule has 0 saturated carbocycles. The molecular formula is C20H19F3N8O2. The number of nitrogens with one attached hydrogen (secondary N) is 3. The van der Waals surface area contributed by atoms with Crippen molar-refractivity contribution in [3.63, 3.8) is 0 Å². The summed E-state index contributed by atoms with van der Waals surface area (Å²) >= 11 is 0. The van der Waals surface area contributed by atoms with Crippen LogP contribution in [0.2, 0.25) is 0 Å².